The molecule has 2 aliphatic heterocycles. The van der Waals surface area contributed by atoms with Crippen LogP contribution in [0.15, 0.2) is 35.6 Å². The average molecular weight is 536 g/mol. The van der Waals surface area contributed by atoms with Crippen LogP contribution in [0, 0.1) is 18.3 Å². The van der Waals surface area contributed by atoms with E-state index < -0.39 is 22.4 Å². The molecule has 0 aromatic heterocycles. The van der Waals surface area contributed by atoms with Gasteiger partial charge in [0.05, 0.1) is 23.3 Å². The zero-order chi connectivity index (χ0) is 26.4. The number of nitrogens with one attached hydrogen (secondary N) is 1. The molecule has 0 saturated carbocycles. The molecule has 11 heteroatoms. The second-order valence-electron chi connectivity index (χ2n) is 9.69. The monoisotopic (exact) mass is 535 g/mol. The number of allylic oxidation sites excluding steroid dienone is 3. The maximum Gasteiger partial charge on any atom is 0.255 e. The van der Waals surface area contributed by atoms with E-state index in [4.69, 9.17) is 11.6 Å². The summed E-state index contributed by atoms with van der Waals surface area (Å²) < 4.78 is 41.6. The number of aryl methyl sites for hydroxylation is 1. The number of piperazine rings is 1. The number of benzene rings is 1. The van der Waals surface area contributed by atoms with E-state index in [2.05, 4.69) is 11.4 Å². The summed E-state index contributed by atoms with van der Waals surface area (Å²) in [5, 5.41) is 12.6. The Morgan fingerprint density at radius 3 is 2.53 bits per heavy atom. The Morgan fingerprint density at radius 2 is 1.92 bits per heavy atom. The molecule has 0 radical (unpaired) electrons. The summed E-state index contributed by atoms with van der Waals surface area (Å²) in [6.45, 7) is 4.88. The summed E-state index contributed by atoms with van der Waals surface area (Å²) in [6.07, 6.45) is 2.82. The first-order valence-electron chi connectivity index (χ1n) is 11.9. The Balaban J connectivity index is 1.67. The van der Waals surface area contributed by atoms with Gasteiger partial charge < -0.3 is 10.2 Å². The van der Waals surface area contributed by atoms with Crippen molar-refractivity contribution in [3.8, 4) is 6.07 Å². The zero-order valence-electron chi connectivity index (χ0n) is 20.8. The number of hydrogen-bond acceptors (Lipinski definition) is 6. The van der Waals surface area contributed by atoms with E-state index in [0.717, 1.165) is 11.8 Å². The van der Waals surface area contributed by atoms with Crippen molar-refractivity contribution in [1.29, 1.82) is 5.26 Å². The lowest BCUT2D eigenvalue weighted by Gasteiger charge is -2.46. The third-order valence-corrected chi connectivity index (χ3v) is 8.73. The normalized spacial score (nSPS) is 26.5. The molecule has 1 aromatic rings. The molecule has 3 aliphatic rings. The molecule has 1 amide bonds. The number of amides is 1. The maximum absolute atomic E-state index is 16.4. The summed E-state index contributed by atoms with van der Waals surface area (Å²) in [6, 6.07) is 5.40. The van der Waals surface area contributed by atoms with Gasteiger partial charge >= 0.3 is 0 Å². The van der Waals surface area contributed by atoms with Crippen molar-refractivity contribution in [2.75, 3.05) is 39.5 Å². The van der Waals surface area contributed by atoms with Gasteiger partial charge in [0.15, 0.2) is 6.17 Å². The van der Waals surface area contributed by atoms with Gasteiger partial charge in [0, 0.05) is 62.5 Å². The molecule has 8 nitrogen and oxygen atoms in total. The van der Waals surface area contributed by atoms with E-state index >= 15 is 4.39 Å². The highest BCUT2D eigenvalue weighted by molar-refractivity contribution is 7.88. The molecule has 1 saturated heterocycles. The number of sulfonamides is 1. The first kappa shape index (κ1) is 26.6. The van der Waals surface area contributed by atoms with Gasteiger partial charge in [0.2, 0.25) is 10.0 Å². The minimum Gasteiger partial charge on any atom is -0.378 e. The van der Waals surface area contributed by atoms with Gasteiger partial charge in [0.25, 0.3) is 5.91 Å². The summed E-state index contributed by atoms with van der Waals surface area (Å²) in [4.78, 5) is 16.7. The van der Waals surface area contributed by atoms with Crippen LogP contribution in [0.4, 0.5) is 4.39 Å². The molecular weight excluding hydrogens is 505 g/mol. The Bertz CT molecular complexity index is 1270. The molecule has 194 valence electrons. The van der Waals surface area contributed by atoms with Crippen LogP contribution >= 0.6 is 11.6 Å². The predicted octanol–water partition coefficient (Wildman–Crippen LogP) is 2.99. The Kier molecular flexibility index (Phi) is 7.49. The number of nitriles is 1. The van der Waals surface area contributed by atoms with Crippen molar-refractivity contribution in [3.63, 3.8) is 0 Å². The fourth-order valence-electron chi connectivity index (χ4n) is 5.28. The standard InChI is InChI=1S/C25H31ClFN5O3S/c1-15-11-19(16(2)29-21-6-5-18(26)13-17(21)14-28)22-20(12-15)25(33)30(3)24(23(22)27)31-7-9-32(10-8-31)36(4,34)35/h5-6,11-12,16,18,23-24,29H,7-10,13H2,1-4H3/t16-,18?,23?,24?/m1/s1. The number of nitrogens with zero attached hydrogens (tertiary/aromatic N) is 4. The van der Waals surface area contributed by atoms with Gasteiger partial charge in [-0.1, -0.05) is 12.1 Å². The van der Waals surface area contributed by atoms with E-state index in [0.29, 0.717) is 47.5 Å². The molecular formula is C25H31ClFN5O3S. The molecule has 4 atom stereocenters. The number of carbonyl (C=O) groups excluding carboxylic acids is 1. The second-order valence-corrected chi connectivity index (χ2v) is 12.2. The first-order valence-corrected chi connectivity index (χ1v) is 14.2. The van der Waals surface area contributed by atoms with E-state index in [1.165, 1.54) is 9.21 Å². The van der Waals surface area contributed by atoms with Gasteiger partial charge in [-0.05, 0) is 37.1 Å². The third kappa shape index (κ3) is 5.02. The van der Waals surface area contributed by atoms with Crippen molar-refractivity contribution in [1.82, 2.24) is 19.4 Å². The molecule has 3 unspecified atom stereocenters. The topological polar surface area (TPSA) is 96.8 Å². The third-order valence-electron chi connectivity index (χ3n) is 7.13. The minimum absolute atomic E-state index is 0.245. The van der Waals surface area contributed by atoms with Crippen LogP contribution in [0.1, 0.15) is 52.6 Å². The molecule has 2 heterocycles. The number of likely N-dealkylation sites (N-methyl/N-ethyl adjacent to an activating group) is 1. The van der Waals surface area contributed by atoms with Crippen molar-refractivity contribution in [3.05, 3.63) is 57.8 Å². The Morgan fingerprint density at radius 1 is 1.25 bits per heavy atom. The lowest BCUT2D eigenvalue weighted by molar-refractivity contribution is -0.0164. The molecule has 1 N–H and O–H groups in total. The summed E-state index contributed by atoms with van der Waals surface area (Å²) in [5.41, 5.74) is 3.33. The summed E-state index contributed by atoms with van der Waals surface area (Å²) >= 11 is 6.16. The SMILES string of the molecule is Cc1cc2c(c([C@@H](C)NC3=C(C#N)CC(Cl)C=C3)c1)C(F)C(N1CCN(S(C)(=O)=O)CC1)N(C)C2=O. The number of rotatable bonds is 5. The molecule has 0 spiro atoms. The maximum atomic E-state index is 16.4. The van der Waals surface area contributed by atoms with Gasteiger partial charge in [-0.15, -0.1) is 11.6 Å². The Hall–Kier alpha value is -2.45. The van der Waals surface area contributed by atoms with E-state index in [9.17, 15) is 18.5 Å². The number of halogens is 2. The van der Waals surface area contributed by atoms with Crippen molar-refractivity contribution < 1.29 is 17.6 Å². The highest BCUT2D eigenvalue weighted by Gasteiger charge is 2.44. The average Bonchev–Trinajstić information content (AvgIpc) is 2.83. The van der Waals surface area contributed by atoms with E-state index in [-0.39, 0.29) is 30.4 Å². The predicted molar refractivity (Wildman–Crippen MR) is 136 cm³/mol. The lowest BCUT2D eigenvalue weighted by atomic mass is 9.86. The molecule has 4 rings (SSSR count). The van der Waals surface area contributed by atoms with Crippen LogP contribution in [0.3, 0.4) is 0 Å². The van der Waals surface area contributed by atoms with Crippen molar-refractivity contribution >= 4 is 27.5 Å². The summed E-state index contributed by atoms with van der Waals surface area (Å²) in [5.74, 6) is -0.272. The van der Waals surface area contributed by atoms with E-state index in [1.54, 1.807) is 19.2 Å². The minimum atomic E-state index is -3.33. The molecule has 1 aliphatic carbocycles. The lowest BCUT2D eigenvalue weighted by Crippen LogP contribution is -2.60. The van der Waals surface area contributed by atoms with Crippen LogP contribution < -0.4 is 5.32 Å². The smallest absolute Gasteiger partial charge is 0.255 e. The van der Waals surface area contributed by atoms with Crippen LogP contribution in [-0.4, -0.2) is 79.5 Å². The Labute approximate surface area is 217 Å². The fraction of sp³-hybridized carbons (Fsp3) is 0.520. The fourth-order valence-corrected chi connectivity index (χ4v) is 6.33. The number of hydrogen-bond donors (Lipinski definition) is 1. The summed E-state index contributed by atoms with van der Waals surface area (Å²) in [7, 11) is -1.74. The van der Waals surface area contributed by atoms with Crippen molar-refractivity contribution in [2.45, 2.75) is 44.0 Å². The molecule has 0 bridgehead atoms. The van der Waals surface area contributed by atoms with Gasteiger partial charge in [-0.25, -0.2) is 12.8 Å². The van der Waals surface area contributed by atoms with Crippen LogP contribution in [0.5, 0.6) is 0 Å². The van der Waals surface area contributed by atoms with Crippen LogP contribution in [-0.2, 0) is 10.0 Å². The van der Waals surface area contributed by atoms with Gasteiger partial charge in [-0.3, -0.25) is 9.69 Å². The van der Waals surface area contributed by atoms with Gasteiger partial charge in [0.1, 0.15) is 6.17 Å². The largest absolute Gasteiger partial charge is 0.378 e. The van der Waals surface area contributed by atoms with Crippen LogP contribution in [0.25, 0.3) is 0 Å². The number of carbonyl (C=O) groups is 1. The first-order chi connectivity index (χ1) is 16.9. The quantitative estimate of drug-likeness (QED) is 0.582. The highest BCUT2D eigenvalue weighted by atomic mass is 35.5. The molecule has 1 fully saturated rings. The molecule has 1 aromatic carbocycles. The second kappa shape index (κ2) is 10.1. The highest BCUT2D eigenvalue weighted by Crippen LogP contribution is 2.41. The van der Waals surface area contributed by atoms with Gasteiger partial charge in [-0.2, -0.15) is 9.57 Å². The zero-order valence-corrected chi connectivity index (χ0v) is 22.4. The van der Waals surface area contributed by atoms with Crippen LogP contribution in [0.2, 0.25) is 0 Å². The van der Waals surface area contributed by atoms with E-state index in [1.807, 2.05) is 30.9 Å². The number of fused-ring (bicyclic) bond motifs is 1. The molecule has 36 heavy (non-hydrogen) atoms. The number of alkyl halides is 2. The van der Waals surface area contributed by atoms with Crippen molar-refractivity contribution in [2.24, 2.45) is 0 Å².